The van der Waals surface area contributed by atoms with Crippen LogP contribution in [0.5, 0.6) is 0 Å². The average Bonchev–Trinajstić information content (AvgIpc) is 2.92. The zero-order valence-electron chi connectivity index (χ0n) is 14.2. The van der Waals surface area contributed by atoms with E-state index in [9.17, 15) is 18.4 Å². The lowest BCUT2D eigenvalue weighted by Gasteiger charge is -2.11. The van der Waals surface area contributed by atoms with Gasteiger partial charge in [0.25, 0.3) is 0 Å². The number of aryl methyl sites for hydroxylation is 1. The normalized spacial score (nSPS) is 10.8. The van der Waals surface area contributed by atoms with Crippen molar-refractivity contribution in [2.24, 2.45) is 0 Å². The number of benzene rings is 2. The fraction of sp³-hybridized carbons (Fsp3) is 0.158. The Hall–Kier alpha value is -3.22. The number of hydrogen-bond donors (Lipinski definition) is 1. The van der Waals surface area contributed by atoms with Crippen molar-refractivity contribution in [1.82, 2.24) is 4.57 Å². The minimum absolute atomic E-state index is 0.0519. The largest absolute Gasteiger partial charge is 0.465 e. The molecule has 1 heterocycles. The standard InChI is InChI=1S/C19H16F2N2O3/c1-11-7-12-5-3-4-6-17(12)23(11)10-18(24)22-16-8-13(19(25)26-2)14(20)9-15(16)21/h3-9H,10H2,1-2H3,(H,22,24). The van der Waals surface area contributed by atoms with Crippen molar-refractivity contribution in [3.63, 3.8) is 0 Å². The monoisotopic (exact) mass is 358 g/mol. The quantitative estimate of drug-likeness (QED) is 0.724. The van der Waals surface area contributed by atoms with Crippen LogP contribution in [-0.2, 0) is 16.1 Å². The number of amides is 1. The van der Waals surface area contributed by atoms with Gasteiger partial charge < -0.3 is 14.6 Å². The molecule has 0 fully saturated rings. The number of nitrogens with zero attached hydrogens (tertiary/aromatic N) is 1. The summed E-state index contributed by atoms with van der Waals surface area (Å²) in [5.74, 6) is -3.49. The van der Waals surface area contributed by atoms with E-state index in [4.69, 9.17) is 0 Å². The van der Waals surface area contributed by atoms with Crippen molar-refractivity contribution in [2.45, 2.75) is 13.5 Å². The molecular formula is C19H16F2N2O3. The van der Waals surface area contributed by atoms with E-state index in [0.29, 0.717) is 6.07 Å². The summed E-state index contributed by atoms with van der Waals surface area (Å²) in [4.78, 5) is 23.9. The summed E-state index contributed by atoms with van der Waals surface area (Å²) in [6.45, 7) is 1.81. The maximum absolute atomic E-state index is 14.0. The van der Waals surface area contributed by atoms with Gasteiger partial charge >= 0.3 is 5.97 Å². The molecule has 0 unspecified atom stereocenters. The van der Waals surface area contributed by atoms with Gasteiger partial charge in [-0.25, -0.2) is 13.6 Å². The number of rotatable bonds is 4. The summed E-state index contributed by atoms with van der Waals surface area (Å²) in [6, 6.07) is 11.0. The topological polar surface area (TPSA) is 60.3 Å². The van der Waals surface area contributed by atoms with E-state index >= 15 is 0 Å². The molecule has 0 saturated carbocycles. The highest BCUT2D eigenvalue weighted by Crippen LogP contribution is 2.22. The number of nitrogens with one attached hydrogen (secondary N) is 1. The highest BCUT2D eigenvalue weighted by atomic mass is 19.1. The molecule has 0 bridgehead atoms. The molecule has 3 rings (SSSR count). The van der Waals surface area contributed by atoms with E-state index in [1.165, 1.54) is 0 Å². The molecule has 5 nitrogen and oxygen atoms in total. The lowest BCUT2D eigenvalue weighted by atomic mass is 10.1. The van der Waals surface area contributed by atoms with E-state index in [0.717, 1.165) is 29.8 Å². The number of ether oxygens (including phenoxy) is 1. The Bertz CT molecular complexity index is 1010. The van der Waals surface area contributed by atoms with E-state index < -0.39 is 29.1 Å². The number of carbonyl (C=O) groups excluding carboxylic acids is 2. The molecule has 134 valence electrons. The lowest BCUT2D eigenvalue weighted by Crippen LogP contribution is -2.20. The second-order valence-corrected chi connectivity index (χ2v) is 5.78. The van der Waals surface area contributed by atoms with Gasteiger partial charge in [0, 0.05) is 17.3 Å². The van der Waals surface area contributed by atoms with Crippen LogP contribution in [-0.4, -0.2) is 23.6 Å². The van der Waals surface area contributed by atoms with Crippen LogP contribution in [0.2, 0.25) is 0 Å². The van der Waals surface area contributed by atoms with Crippen molar-refractivity contribution < 1.29 is 23.1 Å². The van der Waals surface area contributed by atoms with Gasteiger partial charge in [0.1, 0.15) is 18.2 Å². The summed E-state index contributed by atoms with van der Waals surface area (Å²) in [5, 5.41) is 3.36. The average molecular weight is 358 g/mol. The first-order valence-electron chi connectivity index (χ1n) is 7.82. The third-order valence-corrected chi connectivity index (χ3v) is 4.06. The molecule has 0 aliphatic heterocycles. The van der Waals surface area contributed by atoms with Crippen LogP contribution in [0.4, 0.5) is 14.5 Å². The van der Waals surface area contributed by atoms with Crippen LogP contribution in [0.3, 0.4) is 0 Å². The first kappa shape index (κ1) is 17.6. The molecule has 0 radical (unpaired) electrons. The van der Waals surface area contributed by atoms with Crippen molar-refractivity contribution in [3.8, 4) is 0 Å². The van der Waals surface area contributed by atoms with Gasteiger partial charge in [0.2, 0.25) is 5.91 Å². The Kier molecular flexibility index (Phi) is 4.71. The van der Waals surface area contributed by atoms with Gasteiger partial charge in [0.15, 0.2) is 0 Å². The van der Waals surface area contributed by atoms with E-state index in [2.05, 4.69) is 10.1 Å². The summed E-state index contributed by atoms with van der Waals surface area (Å²) < 4.78 is 33.9. The molecule has 0 spiro atoms. The van der Waals surface area contributed by atoms with Gasteiger partial charge in [-0.05, 0) is 30.5 Å². The fourth-order valence-electron chi connectivity index (χ4n) is 2.80. The second-order valence-electron chi connectivity index (χ2n) is 5.78. The van der Waals surface area contributed by atoms with Crippen LogP contribution in [0, 0.1) is 18.6 Å². The number of carbonyl (C=O) groups is 2. The first-order valence-corrected chi connectivity index (χ1v) is 7.82. The van der Waals surface area contributed by atoms with Crippen molar-refractivity contribution in [3.05, 3.63) is 65.4 Å². The molecule has 0 aliphatic rings. The highest BCUT2D eigenvalue weighted by molar-refractivity contribution is 5.95. The van der Waals surface area contributed by atoms with Crippen LogP contribution in [0.15, 0.2) is 42.5 Å². The summed E-state index contributed by atoms with van der Waals surface area (Å²) in [5.41, 5.74) is 1.00. The number of halogens is 2. The van der Waals surface area contributed by atoms with Gasteiger partial charge in [-0.2, -0.15) is 0 Å². The minimum atomic E-state index is -1.06. The Morgan fingerprint density at radius 1 is 1.12 bits per heavy atom. The van der Waals surface area contributed by atoms with Crippen LogP contribution < -0.4 is 5.32 Å². The molecule has 3 aromatic rings. The summed E-state index contributed by atoms with van der Waals surface area (Å²) in [7, 11) is 1.09. The number of methoxy groups -OCH3 is 1. The molecule has 1 aromatic heterocycles. The number of aromatic nitrogens is 1. The van der Waals surface area contributed by atoms with E-state index in [-0.39, 0.29) is 12.2 Å². The van der Waals surface area contributed by atoms with E-state index in [1.54, 1.807) is 4.57 Å². The Morgan fingerprint density at radius 3 is 2.58 bits per heavy atom. The third-order valence-electron chi connectivity index (χ3n) is 4.06. The first-order chi connectivity index (χ1) is 12.4. The molecule has 2 aromatic carbocycles. The third kappa shape index (κ3) is 3.28. The Morgan fingerprint density at radius 2 is 1.85 bits per heavy atom. The predicted molar refractivity (Wildman–Crippen MR) is 93.0 cm³/mol. The van der Waals surface area contributed by atoms with Gasteiger partial charge in [-0.3, -0.25) is 4.79 Å². The molecular weight excluding hydrogens is 342 g/mol. The number of fused-ring (bicyclic) bond motifs is 1. The number of para-hydroxylation sites is 1. The molecule has 1 N–H and O–H groups in total. The van der Waals surface area contributed by atoms with Gasteiger partial charge in [0.05, 0.1) is 18.4 Å². The maximum atomic E-state index is 14.0. The molecule has 0 saturated heterocycles. The molecule has 26 heavy (non-hydrogen) atoms. The van der Waals surface area contributed by atoms with Crippen molar-refractivity contribution in [2.75, 3.05) is 12.4 Å². The zero-order chi connectivity index (χ0) is 18.8. The number of anilines is 1. The van der Waals surface area contributed by atoms with Crippen LogP contribution in [0.25, 0.3) is 10.9 Å². The molecule has 7 heteroatoms. The van der Waals surface area contributed by atoms with E-state index in [1.807, 2.05) is 37.3 Å². The molecule has 0 atom stereocenters. The Balaban J connectivity index is 1.86. The smallest absolute Gasteiger partial charge is 0.340 e. The molecule has 1 amide bonds. The minimum Gasteiger partial charge on any atom is -0.465 e. The lowest BCUT2D eigenvalue weighted by molar-refractivity contribution is -0.116. The summed E-state index contributed by atoms with van der Waals surface area (Å²) >= 11 is 0. The van der Waals surface area contributed by atoms with Crippen LogP contribution >= 0.6 is 0 Å². The SMILES string of the molecule is COC(=O)c1cc(NC(=O)Cn2c(C)cc3ccccc32)c(F)cc1F. The maximum Gasteiger partial charge on any atom is 0.340 e. The van der Waals surface area contributed by atoms with Gasteiger partial charge in [-0.1, -0.05) is 18.2 Å². The second kappa shape index (κ2) is 6.95. The van der Waals surface area contributed by atoms with Crippen molar-refractivity contribution >= 4 is 28.5 Å². The number of esters is 1. The van der Waals surface area contributed by atoms with Crippen molar-refractivity contribution in [1.29, 1.82) is 0 Å². The van der Waals surface area contributed by atoms with Crippen LogP contribution in [0.1, 0.15) is 16.1 Å². The predicted octanol–water partition coefficient (Wildman–Crippen LogP) is 3.65. The fourth-order valence-corrected chi connectivity index (χ4v) is 2.80. The zero-order valence-corrected chi connectivity index (χ0v) is 14.2. The summed E-state index contributed by atoms with van der Waals surface area (Å²) in [6.07, 6.45) is 0. The Labute approximate surface area is 148 Å². The molecule has 0 aliphatic carbocycles. The van der Waals surface area contributed by atoms with Gasteiger partial charge in [-0.15, -0.1) is 0 Å². The number of hydrogen-bond acceptors (Lipinski definition) is 3. The highest BCUT2D eigenvalue weighted by Gasteiger charge is 2.18.